The standard InChI is InChI=1S/C18H18Cl2N4O2/c19-12-4-5-15(22-10-12)23-18(26)13-2-1-3-14(20)16(13)24-17(25)11-6-8-21-9-7-11/h1-5,10-11,21H,6-9H2,(H,24,25)(H,22,23,26). The monoisotopic (exact) mass is 392 g/mol. The average molecular weight is 393 g/mol. The smallest absolute Gasteiger partial charge is 0.258 e. The van der Waals surface area contributed by atoms with Crippen LogP contribution in [-0.2, 0) is 4.79 Å². The van der Waals surface area contributed by atoms with Crippen molar-refractivity contribution in [2.45, 2.75) is 12.8 Å². The molecule has 1 fully saturated rings. The molecule has 8 heteroatoms. The molecule has 0 aliphatic carbocycles. The molecule has 1 aliphatic rings. The quantitative estimate of drug-likeness (QED) is 0.742. The van der Waals surface area contributed by atoms with Crippen LogP contribution in [-0.4, -0.2) is 29.9 Å². The Morgan fingerprint density at radius 1 is 1.08 bits per heavy atom. The van der Waals surface area contributed by atoms with Crippen molar-refractivity contribution >= 4 is 46.5 Å². The van der Waals surface area contributed by atoms with Crippen LogP contribution in [0.25, 0.3) is 0 Å². The zero-order chi connectivity index (χ0) is 18.5. The number of benzene rings is 1. The second-order valence-corrected chi connectivity index (χ2v) is 6.84. The maximum absolute atomic E-state index is 12.6. The van der Waals surface area contributed by atoms with Gasteiger partial charge in [-0.25, -0.2) is 4.98 Å². The van der Waals surface area contributed by atoms with Gasteiger partial charge in [0.25, 0.3) is 5.91 Å². The van der Waals surface area contributed by atoms with E-state index in [1.165, 1.54) is 6.20 Å². The summed E-state index contributed by atoms with van der Waals surface area (Å²) in [4.78, 5) is 29.2. The zero-order valence-corrected chi connectivity index (χ0v) is 15.4. The summed E-state index contributed by atoms with van der Waals surface area (Å²) in [6.45, 7) is 1.60. The van der Waals surface area contributed by atoms with Crippen molar-refractivity contribution in [3.8, 4) is 0 Å². The van der Waals surface area contributed by atoms with Gasteiger partial charge in [-0.15, -0.1) is 0 Å². The number of piperidine rings is 1. The number of aromatic nitrogens is 1. The van der Waals surface area contributed by atoms with E-state index >= 15 is 0 Å². The van der Waals surface area contributed by atoms with Crippen molar-refractivity contribution < 1.29 is 9.59 Å². The van der Waals surface area contributed by atoms with Crippen molar-refractivity contribution in [1.29, 1.82) is 0 Å². The molecule has 0 unspecified atom stereocenters. The van der Waals surface area contributed by atoms with Gasteiger partial charge in [0.15, 0.2) is 0 Å². The molecule has 1 aromatic heterocycles. The highest BCUT2D eigenvalue weighted by Gasteiger charge is 2.24. The topological polar surface area (TPSA) is 83.1 Å². The van der Waals surface area contributed by atoms with E-state index in [0.29, 0.717) is 21.6 Å². The lowest BCUT2D eigenvalue weighted by Crippen LogP contribution is -2.35. The molecule has 0 saturated carbocycles. The lowest BCUT2D eigenvalue weighted by Gasteiger charge is -2.22. The Labute approximate surface area is 161 Å². The molecule has 1 aliphatic heterocycles. The third-order valence-corrected chi connectivity index (χ3v) is 4.72. The Morgan fingerprint density at radius 3 is 2.54 bits per heavy atom. The van der Waals surface area contributed by atoms with Crippen LogP contribution in [0.1, 0.15) is 23.2 Å². The normalized spacial score (nSPS) is 14.7. The Kier molecular flexibility index (Phi) is 6.08. The van der Waals surface area contributed by atoms with Crippen molar-refractivity contribution in [2.75, 3.05) is 23.7 Å². The number of rotatable bonds is 4. The molecule has 26 heavy (non-hydrogen) atoms. The van der Waals surface area contributed by atoms with Gasteiger partial charge in [-0.05, 0) is 50.2 Å². The van der Waals surface area contributed by atoms with E-state index in [1.54, 1.807) is 30.3 Å². The molecule has 1 aromatic carbocycles. The van der Waals surface area contributed by atoms with E-state index in [-0.39, 0.29) is 17.4 Å². The number of anilines is 2. The minimum absolute atomic E-state index is 0.0960. The highest BCUT2D eigenvalue weighted by atomic mass is 35.5. The van der Waals surface area contributed by atoms with Gasteiger partial charge in [0, 0.05) is 12.1 Å². The van der Waals surface area contributed by atoms with E-state index < -0.39 is 5.91 Å². The van der Waals surface area contributed by atoms with Crippen LogP contribution < -0.4 is 16.0 Å². The van der Waals surface area contributed by atoms with E-state index in [2.05, 4.69) is 20.9 Å². The van der Waals surface area contributed by atoms with Crippen molar-refractivity contribution in [2.24, 2.45) is 5.92 Å². The summed E-state index contributed by atoms with van der Waals surface area (Å²) in [7, 11) is 0. The number of carbonyl (C=O) groups excluding carboxylic acids is 2. The summed E-state index contributed by atoms with van der Waals surface area (Å²) in [6.07, 6.45) is 2.95. The van der Waals surface area contributed by atoms with Crippen LogP contribution in [0, 0.1) is 5.92 Å². The number of carbonyl (C=O) groups is 2. The molecule has 0 spiro atoms. The van der Waals surface area contributed by atoms with E-state index in [1.807, 2.05) is 0 Å². The van der Waals surface area contributed by atoms with E-state index in [4.69, 9.17) is 23.2 Å². The third kappa shape index (κ3) is 4.52. The first-order valence-corrected chi connectivity index (χ1v) is 9.03. The summed E-state index contributed by atoms with van der Waals surface area (Å²) >= 11 is 12.0. The van der Waals surface area contributed by atoms with Crippen LogP contribution >= 0.6 is 23.2 Å². The molecule has 136 valence electrons. The Morgan fingerprint density at radius 2 is 1.85 bits per heavy atom. The second-order valence-electron chi connectivity index (χ2n) is 5.99. The van der Waals surface area contributed by atoms with Gasteiger partial charge in [-0.1, -0.05) is 29.3 Å². The lowest BCUT2D eigenvalue weighted by molar-refractivity contribution is -0.120. The number of nitrogens with zero attached hydrogens (tertiary/aromatic N) is 1. The van der Waals surface area contributed by atoms with Crippen molar-refractivity contribution in [1.82, 2.24) is 10.3 Å². The fourth-order valence-corrected chi connectivity index (χ4v) is 3.12. The average Bonchev–Trinajstić information content (AvgIpc) is 2.65. The number of hydrogen-bond donors (Lipinski definition) is 3. The molecule has 2 aromatic rings. The predicted molar refractivity (Wildman–Crippen MR) is 103 cm³/mol. The third-order valence-electron chi connectivity index (χ3n) is 4.19. The Bertz CT molecular complexity index is 805. The second kappa shape index (κ2) is 8.49. The van der Waals surface area contributed by atoms with Gasteiger partial charge in [0.05, 0.1) is 21.3 Å². The molecular formula is C18H18Cl2N4O2. The van der Waals surface area contributed by atoms with Crippen LogP contribution in [0.5, 0.6) is 0 Å². The fraction of sp³-hybridized carbons (Fsp3) is 0.278. The van der Waals surface area contributed by atoms with Crippen LogP contribution in [0.15, 0.2) is 36.5 Å². The van der Waals surface area contributed by atoms with Crippen molar-refractivity contribution in [3.63, 3.8) is 0 Å². The van der Waals surface area contributed by atoms with Gasteiger partial charge in [-0.3, -0.25) is 9.59 Å². The summed E-state index contributed by atoms with van der Waals surface area (Å²) in [5.41, 5.74) is 0.584. The molecular weight excluding hydrogens is 375 g/mol. The molecule has 0 radical (unpaired) electrons. The van der Waals surface area contributed by atoms with Crippen LogP contribution in [0.2, 0.25) is 10.0 Å². The largest absolute Gasteiger partial charge is 0.324 e. The van der Waals surface area contributed by atoms with Crippen LogP contribution in [0.4, 0.5) is 11.5 Å². The first-order valence-electron chi connectivity index (χ1n) is 8.27. The van der Waals surface area contributed by atoms with Crippen molar-refractivity contribution in [3.05, 3.63) is 52.1 Å². The molecule has 1 saturated heterocycles. The predicted octanol–water partition coefficient (Wildman–Crippen LogP) is 3.58. The minimum Gasteiger partial charge on any atom is -0.324 e. The van der Waals surface area contributed by atoms with E-state index in [9.17, 15) is 9.59 Å². The number of halogens is 2. The van der Waals surface area contributed by atoms with Gasteiger partial charge in [0.1, 0.15) is 5.82 Å². The Hall–Kier alpha value is -2.15. The number of pyridine rings is 1. The number of amides is 2. The molecule has 0 bridgehead atoms. The first-order chi connectivity index (χ1) is 12.5. The minimum atomic E-state index is -0.414. The van der Waals surface area contributed by atoms with Gasteiger partial charge < -0.3 is 16.0 Å². The highest BCUT2D eigenvalue weighted by molar-refractivity contribution is 6.35. The summed E-state index contributed by atoms with van der Waals surface area (Å²) in [5.74, 6) is -0.280. The summed E-state index contributed by atoms with van der Waals surface area (Å²) in [5, 5.41) is 9.50. The van der Waals surface area contributed by atoms with Gasteiger partial charge >= 0.3 is 0 Å². The molecule has 2 heterocycles. The van der Waals surface area contributed by atoms with Gasteiger partial charge in [0.2, 0.25) is 5.91 Å². The summed E-state index contributed by atoms with van der Waals surface area (Å²) in [6, 6.07) is 8.12. The molecule has 6 nitrogen and oxygen atoms in total. The molecule has 3 N–H and O–H groups in total. The lowest BCUT2D eigenvalue weighted by atomic mass is 9.97. The van der Waals surface area contributed by atoms with E-state index in [0.717, 1.165) is 25.9 Å². The number of para-hydroxylation sites is 1. The molecule has 0 atom stereocenters. The summed E-state index contributed by atoms with van der Waals surface area (Å²) < 4.78 is 0. The SMILES string of the molecule is O=C(Nc1ccc(Cl)cn1)c1cccc(Cl)c1NC(=O)C1CCNCC1. The molecule has 3 rings (SSSR count). The maximum atomic E-state index is 12.6. The fourth-order valence-electron chi connectivity index (χ4n) is 2.78. The zero-order valence-electron chi connectivity index (χ0n) is 13.9. The number of hydrogen-bond acceptors (Lipinski definition) is 4. The maximum Gasteiger partial charge on any atom is 0.258 e. The first kappa shape index (κ1) is 18.6. The van der Waals surface area contributed by atoms with Crippen LogP contribution in [0.3, 0.4) is 0 Å². The van der Waals surface area contributed by atoms with Gasteiger partial charge in [-0.2, -0.15) is 0 Å². The highest BCUT2D eigenvalue weighted by Crippen LogP contribution is 2.28. The molecule has 2 amide bonds. The Balaban J connectivity index is 1.78. The number of nitrogens with one attached hydrogen (secondary N) is 3.